The minimum Gasteiger partial charge on any atom is -0.373 e. The maximum Gasteiger partial charge on any atom is 0.251 e. The van der Waals surface area contributed by atoms with Gasteiger partial charge in [-0.1, -0.05) is 13.8 Å². The van der Waals surface area contributed by atoms with Gasteiger partial charge in [0.2, 0.25) is 5.91 Å². The fourth-order valence-electron chi connectivity index (χ4n) is 2.13. The molecular weight excluding hydrogens is 270 g/mol. The Kier molecular flexibility index (Phi) is 3.85. The average molecular weight is 291 g/mol. The molecule has 1 aromatic heterocycles. The van der Waals surface area contributed by atoms with Crippen LogP contribution >= 0.6 is 0 Å². The van der Waals surface area contributed by atoms with E-state index in [4.69, 9.17) is 0 Å². The number of carbonyl (C=O) groups is 2. The molecule has 0 saturated carbocycles. The van der Waals surface area contributed by atoms with E-state index in [1.807, 2.05) is 13.8 Å². The molecule has 0 unspecified atom stereocenters. The number of nitrogens with zero attached hydrogens (tertiary/aromatic N) is 3. The smallest absolute Gasteiger partial charge is 0.251 e. The van der Waals surface area contributed by atoms with Gasteiger partial charge in [0.25, 0.3) is 5.91 Å². The zero-order valence-corrected chi connectivity index (χ0v) is 13.0. The van der Waals surface area contributed by atoms with Crippen LogP contribution in [0.4, 0.5) is 11.6 Å². The monoisotopic (exact) mass is 291 g/mol. The van der Waals surface area contributed by atoms with Gasteiger partial charge in [0, 0.05) is 19.0 Å². The van der Waals surface area contributed by atoms with E-state index in [9.17, 15) is 9.59 Å². The van der Waals surface area contributed by atoms with Crippen LogP contribution in [-0.4, -0.2) is 40.9 Å². The number of anilines is 2. The molecule has 1 fully saturated rings. The van der Waals surface area contributed by atoms with E-state index in [2.05, 4.69) is 20.6 Å². The molecule has 1 aliphatic rings. The normalized spacial score (nSPS) is 17.9. The molecule has 0 atom stereocenters. The fourth-order valence-corrected chi connectivity index (χ4v) is 2.13. The summed E-state index contributed by atoms with van der Waals surface area (Å²) in [7, 11) is 1.77. The Hall–Kier alpha value is -2.18. The quantitative estimate of drug-likeness (QED) is 0.804. The summed E-state index contributed by atoms with van der Waals surface area (Å²) < 4.78 is 0. The average Bonchev–Trinajstić information content (AvgIpc) is 2.42. The molecule has 2 amide bonds. The van der Waals surface area contributed by atoms with Gasteiger partial charge in [-0.2, -0.15) is 0 Å². The minimum absolute atomic E-state index is 0.0937. The molecule has 0 aromatic carbocycles. The number of hydrogen-bond donors (Lipinski definition) is 2. The first-order chi connectivity index (χ1) is 9.75. The van der Waals surface area contributed by atoms with Crippen molar-refractivity contribution < 1.29 is 9.59 Å². The van der Waals surface area contributed by atoms with Gasteiger partial charge in [0.1, 0.15) is 23.0 Å². The van der Waals surface area contributed by atoms with Crippen molar-refractivity contribution in [3.05, 3.63) is 11.9 Å². The lowest BCUT2D eigenvalue weighted by Gasteiger charge is -2.41. The molecule has 0 spiro atoms. The fraction of sp³-hybridized carbons (Fsp3) is 0.571. The van der Waals surface area contributed by atoms with Crippen LogP contribution in [0.2, 0.25) is 0 Å². The number of carbonyl (C=O) groups excluding carboxylic acids is 2. The van der Waals surface area contributed by atoms with Crippen LogP contribution in [0.25, 0.3) is 0 Å². The first kappa shape index (κ1) is 15.2. The molecule has 21 heavy (non-hydrogen) atoms. The second-order valence-corrected chi connectivity index (χ2v) is 5.90. The van der Waals surface area contributed by atoms with Gasteiger partial charge in [0.05, 0.1) is 6.54 Å². The molecule has 2 heterocycles. The Morgan fingerprint density at radius 1 is 1.33 bits per heavy atom. The lowest BCUT2D eigenvalue weighted by Crippen LogP contribution is -2.64. The molecule has 1 aliphatic heterocycles. The second-order valence-electron chi connectivity index (χ2n) is 5.90. The number of amides is 2. The summed E-state index contributed by atoms with van der Waals surface area (Å²) in [5.41, 5.74) is -0.846. The topological polar surface area (TPSA) is 87.2 Å². The molecule has 1 aromatic rings. The number of piperazine rings is 1. The van der Waals surface area contributed by atoms with Gasteiger partial charge < -0.3 is 10.2 Å². The molecule has 2 N–H and O–H groups in total. The van der Waals surface area contributed by atoms with E-state index < -0.39 is 5.54 Å². The van der Waals surface area contributed by atoms with Gasteiger partial charge in [-0.05, 0) is 13.8 Å². The van der Waals surface area contributed by atoms with Crippen molar-refractivity contribution in [3.63, 3.8) is 0 Å². The summed E-state index contributed by atoms with van der Waals surface area (Å²) in [6.07, 6.45) is 0. The van der Waals surface area contributed by atoms with E-state index in [1.165, 1.54) is 0 Å². The number of nitrogens with one attached hydrogen (secondary N) is 2. The van der Waals surface area contributed by atoms with Crippen molar-refractivity contribution >= 4 is 23.5 Å². The predicted octanol–water partition coefficient (Wildman–Crippen LogP) is 0.883. The molecule has 1 saturated heterocycles. The van der Waals surface area contributed by atoms with E-state index in [0.717, 1.165) is 0 Å². The Labute approximate surface area is 124 Å². The molecule has 0 bridgehead atoms. The number of aromatic nitrogens is 2. The Balaban J connectivity index is 2.50. The number of imide groups is 1. The maximum atomic E-state index is 12.1. The van der Waals surface area contributed by atoms with Crippen molar-refractivity contribution in [2.24, 2.45) is 0 Å². The summed E-state index contributed by atoms with van der Waals surface area (Å²) >= 11 is 0. The van der Waals surface area contributed by atoms with Crippen LogP contribution in [0.3, 0.4) is 0 Å². The Morgan fingerprint density at radius 3 is 2.57 bits per heavy atom. The number of rotatable bonds is 3. The minimum atomic E-state index is -0.846. The second kappa shape index (κ2) is 5.31. The number of hydrogen-bond acceptors (Lipinski definition) is 6. The zero-order valence-electron chi connectivity index (χ0n) is 13.0. The summed E-state index contributed by atoms with van der Waals surface area (Å²) in [6.45, 7) is 7.63. The Bertz CT molecular complexity index is 583. The summed E-state index contributed by atoms with van der Waals surface area (Å²) in [5.74, 6) is 1.41. The summed E-state index contributed by atoms with van der Waals surface area (Å²) in [6, 6.07) is 1.75. The molecule has 114 valence electrons. The summed E-state index contributed by atoms with van der Waals surface area (Å²) in [5, 5.41) is 5.34. The van der Waals surface area contributed by atoms with Gasteiger partial charge >= 0.3 is 0 Å². The predicted molar refractivity (Wildman–Crippen MR) is 80.2 cm³/mol. The van der Waals surface area contributed by atoms with Crippen molar-refractivity contribution in [2.75, 3.05) is 23.8 Å². The highest BCUT2D eigenvalue weighted by atomic mass is 16.2. The van der Waals surface area contributed by atoms with Gasteiger partial charge in [0.15, 0.2) is 0 Å². The lowest BCUT2D eigenvalue weighted by molar-refractivity contribution is -0.135. The standard InChI is InChI=1S/C14H21N5O2/c1-8(2)12-16-9(15-5)6-10(17-12)19-7-11(20)18-13(21)14(19,3)4/h6,8H,7H2,1-5H3,(H,15,16,17)(H,18,20,21). The van der Waals surface area contributed by atoms with E-state index >= 15 is 0 Å². The van der Waals surface area contributed by atoms with Crippen molar-refractivity contribution in [3.8, 4) is 0 Å². The van der Waals surface area contributed by atoms with Crippen LogP contribution in [0.5, 0.6) is 0 Å². The highest BCUT2D eigenvalue weighted by Crippen LogP contribution is 2.27. The highest BCUT2D eigenvalue weighted by molar-refractivity contribution is 6.06. The molecule has 0 aliphatic carbocycles. The van der Waals surface area contributed by atoms with Gasteiger partial charge in [-0.3, -0.25) is 14.9 Å². The van der Waals surface area contributed by atoms with Gasteiger partial charge in [-0.25, -0.2) is 9.97 Å². The molecule has 7 heteroatoms. The van der Waals surface area contributed by atoms with Crippen molar-refractivity contribution in [2.45, 2.75) is 39.2 Å². The molecule has 2 rings (SSSR count). The van der Waals surface area contributed by atoms with Crippen molar-refractivity contribution in [1.82, 2.24) is 15.3 Å². The molecular formula is C14H21N5O2. The van der Waals surface area contributed by atoms with Crippen molar-refractivity contribution in [1.29, 1.82) is 0 Å². The van der Waals surface area contributed by atoms with Crippen LogP contribution in [0, 0.1) is 0 Å². The van der Waals surface area contributed by atoms with E-state index in [0.29, 0.717) is 17.5 Å². The van der Waals surface area contributed by atoms with Crippen LogP contribution in [0.1, 0.15) is 39.4 Å². The first-order valence-corrected chi connectivity index (χ1v) is 6.94. The Morgan fingerprint density at radius 2 is 2.00 bits per heavy atom. The third kappa shape index (κ3) is 2.81. The summed E-state index contributed by atoms with van der Waals surface area (Å²) in [4.78, 5) is 34.4. The third-order valence-electron chi connectivity index (χ3n) is 3.56. The molecule has 7 nitrogen and oxygen atoms in total. The van der Waals surface area contributed by atoms with Crippen LogP contribution < -0.4 is 15.5 Å². The van der Waals surface area contributed by atoms with E-state index in [1.54, 1.807) is 31.9 Å². The third-order valence-corrected chi connectivity index (χ3v) is 3.56. The zero-order chi connectivity index (χ0) is 15.8. The van der Waals surface area contributed by atoms with Gasteiger partial charge in [-0.15, -0.1) is 0 Å². The first-order valence-electron chi connectivity index (χ1n) is 6.94. The SMILES string of the molecule is CNc1cc(N2CC(=O)NC(=O)C2(C)C)nc(C(C)C)n1. The maximum absolute atomic E-state index is 12.1. The largest absolute Gasteiger partial charge is 0.373 e. The highest BCUT2D eigenvalue weighted by Gasteiger charge is 2.41. The van der Waals surface area contributed by atoms with Crippen LogP contribution in [0.15, 0.2) is 6.07 Å². The van der Waals surface area contributed by atoms with E-state index in [-0.39, 0.29) is 24.3 Å². The lowest BCUT2D eigenvalue weighted by atomic mass is 9.98. The van der Waals surface area contributed by atoms with Crippen LogP contribution in [-0.2, 0) is 9.59 Å². The molecule has 0 radical (unpaired) electrons.